The van der Waals surface area contributed by atoms with Crippen molar-refractivity contribution in [3.8, 4) is 0 Å². The van der Waals surface area contributed by atoms with E-state index in [1.807, 2.05) is 0 Å². The Morgan fingerprint density at radius 1 is 1.20 bits per heavy atom. The van der Waals surface area contributed by atoms with E-state index in [9.17, 15) is 4.79 Å². The zero-order valence-corrected chi connectivity index (χ0v) is 8.32. The molecule has 1 rings (SSSR count). The Kier molecular flexibility index (Phi) is 4.21. The normalized spacial score (nSPS) is 8.00. The SMILES string of the molecule is O=C(O)c1ccccc1.[AtH]. The number of hydrogen-bond acceptors (Lipinski definition) is 1. The Labute approximate surface area is 78.0 Å². The first-order valence-corrected chi connectivity index (χ1v) is 2.59. The van der Waals surface area contributed by atoms with Gasteiger partial charge in [-0.25, -0.2) is 4.79 Å². The van der Waals surface area contributed by atoms with Crippen LogP contribution in [0.1, 0.15) is 10.4 Å². The Morgan fingerprint density at radius 2 is 1.70 bits per heavy atom. The predicted octanol–water partition coefficient (Wildman–Crippen LogP) is 1.12. The van der Waals surface area contributed by atoms with Crippen molar-refractivity contribution < 1.29 is 36.1 Å². The molecule has 2 nitrogen and oxygen atoms in total. The molecule has 10 heavy (non-hydrogen) atoms. The number of benzene rings is 1. The van der Waals surface area contributed by atoms with Crippen molar-refractivity contribution in [1.29, 1.82) is 0 Å². The third-order valence-electron chi connectivity index (χ3n) is 1.02. The van der Waals surface area contributed by atoms with Gasteiger partial charge in [0.1, 0.15) is 0 Å². The van der Waals surface area contributed by atoms with Gasteiger partial charge in [-0.2, -0.15) is 0 Å². The van der Waals surface area contributed by atoms with Gasteiger partial charge < -0.3 is 5.11 Å². The molecule has 0 aromatic heterocycles. The molecule has 0 amide bonds. The van der Waals surface area contributed by atoms with Crippen LogP contribution in [-0.2, 0) is 0 Å². The summed E-state index contributed by atoms with van der Waals surface area (Å²) in [5.41, 5.74) is 0.331. The van der Waals surface area contributed by atoms with Crippen molar-refractivity contribution in [3.63, 3.8) is 0 Å². The van der Waals surface area contributed by atoms with E-state index in [1.54, 1.807) is 30.3 Å². The summed E-state index contributed by atoms with van der Waals surface area (Å²) in [5.74, 6) is -0.879. The van der Waals surface area contributed by atoms with Crippen molar-refractivity contribution in [2.75, 3.05) is 0 Å². The standard InChI is InChI=1S/C7H6O2.AtH/c8-7(9)6-4-2-1-3-5-6;/h1-5H,(H,8,9);1H. The fourth-order valence-electron chi connectivity index (χ4n) is 0.581. The summed E-state index contributed by atoms with van der Waals surface area (Å²) < 4.78 is 0. The molecule has 0 fully saturated rings. The van der Waals surface area contributed by atoms with E-state index < -0.39 is 5.97 Å². The van der Waals surface area contributed by atoms with Crippen LogP contribution in [0.5, 0.6) is 0 Å². The molecule has 0 heterocycles. The minimum atomic E-state index is -0.879. The average molecular weight is 333 g/mol. The monoisotopic (exact) mass is 333 g/mol. The molecule has 0 aliphatic carbocycles. The third-order valence-corrected chi connectivity index (χ3v) is 1.02. The van der Waals surface area contributed by atoms with Gasteiger partial charge in [-0.15, -0.1) is 0 Å². The molecule has 0 aliphatic rings. The van der Waals surface area contributed by atoms with Gasteiger partial charge >= 0.3 is 32.2 Å². The average Bonchev–Trinajstić information content (AvgIpc) is 1.90. The molecule has 0 radical (unpaired) electrons. The summed E-state index contributed by atoms with van der Waals surface area (Å²) >= 11 is 0. The summed E-state index contributed by atoms with van der Waals surface area (Å²) in [6.07, 6.45) is 0. The molecule has 54 valence electrons. The Hall–Kier alpha value is -0.427. The van der Waals surface area contributed by atoms with Crippen LogP contribution in [-0.4, -0.2) is 11.1 Å². The minimum absolute atomic E-state index is 0. The van der Waals surface area contributed by atoms with Crippen molar-refractivity contribution in [2.24, 2.45) is 0 Å². The van der Waals surface area contributed by atoms with E-state index in [1.165, 1.54) is 0 Å². The van der Waals surface area contributed by atoms with E-state index in [0.29, 0.717) is 5.56 Å². The first kappa shape index (κ1) is 9.57. The number of carboxylic acids is 1. The molecule has 3 heteroatoms. The van der Waals surface area contributed by atoms with Crippen LogP contribution in [0.4, 0.5) is 0 Å². The van der Waals surface area contributed by atoms with Gasteiger partial charge in [0.05, 0.1) is 5.56 Å². The number of carboxylic acid groups (broad SMARTS) is 1. The summed E-state index contributed by atoms with van der Waals surface area (Å²) in [6.45, 7) is 0. The molecular weight excluding hydrogens is 326 g/mol. The summed E-state index contributed by atoms with van der Waals surface area (Å²) in [6, 6.07) is 8.30. The molecule has 0 atom stereocenters. The van der Waals surface area contributed by atoms with Gasteiger partial charge in [-0.05, 0) is 12.1 Å². The topological polar surface area (TPSA) is 37.3 Å². The molecule has 1 aromatic rings. The van der Waals surface area contributed by atoms with E-state index in [0.717, 1.165) is 0 Å². The molecule has 1 N–H and O–H groups in total. The third kappa shape index (κ3) is 2.44. The first-order chi connectivity index (χ1) is 4.30. The Morgan fingerprint density at radius 3 is 2.00 bits per heavy atom. The second-order valence-corrected chi connectivity index (χ2v) is 1.67. The second-order valence-electron chi connectivity index (χ2n) is 1.67. The Balaban J connectivity index is 0.000000810. The number of aromatic carboxylic acids is 1. The van der Waals surface area contributed by atoms with Crippen molar-refractivity contribution in [2.45, 2.75) is 0 Å². The summed E-state index contributed by atoms with van der Waals surface area (Å²) in [5, 5.41) is 8.38. The second kappa shape index (κ2) is 4.40. The summed E-state index contributed by atoms with van der Waals surface area (Å²) in [7, 11) is 0. The van der Waals surface area contributed by atoms with Crippen molar-refractivity contribution in [1.82, 2.24) is 0 Å². The molecule has 0 unspecified atom stereocenters. The van der Waals surface area contributed by atoms with Crippen molar-refractivity contribution >= 4 is 5.97 Å². The molecule has 1 aromatic carbocycles. The van der Waals surface area contributed by atoms with Gasteiger partial charge in [0.15, 0.2) is 0 Å². The molecule has 0 aliphatic heterocycles. The zero-order chi connectivity index (χ0) is 6.69. The summed E-state index contributed by atoms with van der Waals surface area (Å²) in [4.78, 5) is 10.2. The van der Waals surface area contributed by atoms with Crippen molar-refractivity contribution in [3.05, 3.63) is 35.9 Å². The van der Waals surface area contributed by atoms with E-state index in [2.05, 4.69) is 0 Å². The maximum atomic E-state index is 10.2. The van der Waals surface area contributed by atoms with E-state index >= 15 is 0 Å². The van der Waals surface area contributed by atoms with E-state index in [4.69, 9.17) is 5.11 Å². The number of hydrogen-bond donors (Lipinski definition) is 1. The predicted molar refractivity (Wildman–Crippen MR) is 34.8 cm³/mol. The molecule has 0 bridgehead atoms. The molecule has 0 saturated carbocycles. The van der Waals surface area contributed by atoms with Crippen LogP contribution in [0.3, 0.4) is 0 Å². The Bertz CT molecular complexity index is 208. The maximum absolute atomic E-state index is 10.2. The molecule has 0 saturated heterocycles. The van der Waals surface area contributed by atoms with Gasteiger partial charge in [-0.1, -0.05) is 18.2 Å². The van der Waals surface area contributed by atoms with Crippen LogP contribution in [0.25, 0.3) is 0 Å². The van der Waals surface area contributed by atoms with Crippen LogP contribution >= 0.6 is 0 Å². The zero-order valence-electron chi connectivity index (χ0n) is 5.15. The van der Waals surface area contributed by atoms with Gasteiger partial charge in [0.2, 0.25) is 0 Å². The van der Waals surface area contributed by atoms with Crippen LogP contribution < -0.4 is 0 Å². The van der Waals surface area contributed by atoms with Crippen LogP contribution in [0, 0.1) is 26.2 Å². The fraction of sp³-hybridized carbons (Fsp3) is 0. The number of rotatable bonds is 1. The first-order valence-electron chi connectivity index (χ1n) is 2.59. The van der Waals surface area contributed by atoms with Gasteiger partial charge in [-0.3, -0.25) is 0 Å². The van der Waals surface area contributed by atoms with Gasteiger partial charge in [0, 0.05) is 0 Å². The fourth-order valence-corrected chi connectivity index (χ4v) is 0.581. The van der Waals surface area contributed by atoms with Crippen LogP contribution in [0.15, 0.2) is 30.3 Å². The molecule has 0 spiro atoms. The number of carbonyl (C=O) groups is 1. The van der Waals surface area contributed by atoms with Crippen LogP contribution in [0.2, 0.25) is 0 Å². The van der Waals surface area contributed by atoms with E-state index in [-0.39, 0.29) is 26.2 Å². The van der Waals surface area contributed by atoms with Gasteiger partial charge in [0.25, 0.3) is 0 Å². The molecular formula is C7H7AtO2. The quantitative estimate of drug-likeness (QED) is 0.836.